The van der Waals surface area contributed by atoms with E-state index in [1.807, 2.05) is 12.1 Å². The van der Waals surface area contributed by atoms with E-state index in [9.17, 15) is 0 Å². The number of benzene rings is 1. The molecule has 0 saturated heterocycles. The van der Waals surface area contributed by atoms with Gasteiger partial charge in [-0.05, 0) is 24.5 Å². The van der Waals surface area contributed by atoms with E-state index in [1.54, 1.807) is 0 Å². The number of hydrogen-bond donors (Lipinski definition) is 0. The summed E-state index contributed by atoms with van der Waals surface area (Å²) in [6.07, 6.45) is 2.34. The Balaban J connectivity index is 0.000000605. The number of para-hydroxylation sites is 1. The average Bonchev–Trinajstić information content (AvgIpc) is 2.05. The number of ether oxygens (including phenoxy) is 1. The molecule has 0 N–H and O–H groups in total. The first kappa shape index (κ1) is 9.03. The summed E-state index contributed by atoms with van der Waals surface area (Å²) in [6, 6.07) is 8.25. The monoisotopic (exact) mass is 344 g/mol. The van der Waals surface area contributed by atoms with Crippen molar-refractivity contribution in [2.45, 2.75) is 12.8 Å². The van der Waals surface area contributed by atoms with Gasteiger partial charge in [-0.15, -0.1) is 0 Å². The summed E-state index contributed by atoms with van der Waals surface area (Å²) < 4.78 is 5.42. The van der Waals surface area contributed by atoms with E-state index < -0.39 is 0 Å². The minimum atomic E-state index is 0. The number of fused-ring (bicyclic) bond motifs is 1. The molecule has 0 aromatic heterocycles. The van der Waals surface area contributed by atoms with Crippen molar-refractivity contribution < 1.29 is 4.74 Å². The number of aryl methyl sites for hydroxylation is 1. The van der Waals surface area contributed by atoms with Gasteiger partial charge in [0.15, 0.2) is 0 Å². The third kappa shape index (κ3) is 1.95. The maximum Gasteiger partial charge on any atom is 0.122 e. The second-order valence-electron chi connectivity index (χ2n) is 2.56. The second kappa shape index (κ2) is 4.09. The average molecular weight is 343 g/mol. The minimum absolute atomic E-state index is 0. The zero-order valence-corrected chi connectivity index (χ0v) is 12.0. The van der Waals surface area contributed by atoms with Crippen molar-refractivity contribution in [3.8, 4) is 5.75 Å². The maximum absolute atomic E-state index is 5.42. The molecule has 0 spiro atoms. The van der Waals surface area contributed by atoms with Gasteiger partial charge in [-0.25, -0.2) is 0 Å². The summed E-state index contributed by atoms with van der Waals surface area (Å²) in [4.78, 5) is 0. The predicted molar refractivity (Wildman–Crippen MR) is 48.8 cm³/mol. The quantitative estimate of drug-likeness (QED) is 0.641. The molecule has 0 fully saturated rings. The van der Waals surface area contributed by atoms with Crippen LogP contribution in [0.4, 0.5) is 0 Å². The predicted octanol–water partition coefficient (Wildman–Crippen LogP) is 1.10. The molecule has 11 heavy (non-hydrogen) atoms. The molecule has 2 heteroatoms. The normalized spacial score (nSPS) is 14.2. The summed E-state index contributed by atoms with van der Waals surface area (Å²) in [6.45, 7) is 0.886. The summed E-state index contributed by atoms with van der Waals surface area (Å²) in [5, 5.41) is 0. The Bertz CT molecular complexity index is 210. The van der Waals surface area contributed by atoms with Crippen LogP contribution in [0.1, 0.15) is 12.0 Å². The summed E-state index contributed by atoms with van der Waals surface area (Å²) in [7, 11) is 0. The van der Waals surface area contributed by atoms with Crippen molar-refractivity contribution >= 4 is 27.3 Å². The van der Waals surface area contributed by atoms with Crippen LogP contribution in [0.2, 0.25) is 0 Å². The zero-order valence-electron chi connectivity index (χ0n) is 6.55. The molecule has 1 aliphatic rings. The first-order chi connectivity index (χ1) is 4.97. The van der Waals surface area contributed by atoms with Gasteiger partial charge in [0.1, 0.15) is 5.75 Å². The Morgan fingerprint density at radius 1 is 1.18 bits per heavy atom. The topological polar surface area (TPSA) is 9.23 Å². The fraction of sp³-hybridized carbons (Fsp3) is 0.333. The van der Waals surface area contributed by atoms with E-state index in [4.69, 9.17) is 4.74 Å². The molecule has 1 aromatic carbocycles. The fourth-order valence-corrected chi connectivity index (χ4v) is 1.30. The molecule has 1 nitrogen and oxygen atoms in total. The van der Waals surface area contributed by atoms with Crippen LogP contribution in [0.25, 0.3) is 0 Å². The van der Waals surface area contributed by atoms with Crippen LogP contribution in [0, 0.1) is 0 Å². The molecular weight excluding hydrogens is 331 g/mol. The summed E-state index contributed by atoms with van der Waals surface area (Å²) in [5.74, 6) is 1.08. The van der Waals surface area contributed by atoms with Crippen molar-refractivity contribution in [3.63, 3.8) is 0 Å². The van der Waals surface area contributed by atoms with E-state index in [-0.39, 0.29) is 27.3 Å². The van der Waals surface area contributed by atoms with Crippen LogP contribution in [0.5, 0.6) is 5.75 Å². The largest absolute Gasteiger partial charge is 0.493 e. The first-order valence-corrected chi connectivity index (χ1v) is 3.67. The van der Waals surface area contributed by atoms with E-state index in [2.05, 4.69) is 12.1 Å². The molecule has 1 aromatic rings. The fourth-order valence-electron chi connectivity index (χ4n) is 1.30. The van der Waals surface area contributed by atoms with Crippen LogP contribution in [0.15, 0.2) is 24.3 Å². The third-order valence-electron chi connectivity index (χ3n) is 1.82. The van der Waals surface area contributed by atoms with Gasteiger partial charge < -0.3 is 4.74 Å². The Morgan fingerprint density at radius 3 is 2.82 bits per heavy atom. The van der Waals surface area contributed by atoms with Crippen LogP contribution >= 0.6 is 0 Å². The van der Waals surface area contributed by atoms with Gasteiger partial charge in [-0.3, -0.25) is 0 Å². The molecule has 1 aliphatic heterocycles. The molecule has 58 valence electrons. The van der Waals surface area contributed by atoms with E-state index in [0.717, 1.165) is 18.8 Å². The number of rotatable bonds is 0. The van der Waals surface area contributed by atoms with Crippen LogP contribution in [0.3, 0.4) is 0 Å². The van der Waals surface area contributed by atoms with Gasteiger partial charge in [-0.2, -0.15) is 0 Å². The van der Waals surface area contributed by atoms with E-state index >= 15 is 0 Å². The molecule has 0 bridgehead atoms. The third-order valence-corrected chi connectivity index (χ3v) is 1.82. The molecular formula is C9H12OPb. The standard InChI is InChI=1S/C9H10O.Pb.2H/c1-2-6-9-8(4-1)5-3-7-10-9;;;/h1-2,4,6H,3,5,7H2;;;. The number of hydrogen-bond acceptors (Lipinski definition) is 1. The molecule has 2 radical (unpaired) electrons. The molecule has 0 saturated carbocycles. The Kier molecular flexibility index (Phi) is 3.36. The first-order valence-electron chi connectivity index (χ1n) is 3.67. The van der Waals surface area contributed by atoms with Crippen LogP contribution < -0.4 is 4.74 Å². The van der Waals surface area contributed by atoms with Crippen molar-refractivity contribution in [1.29, 1.82) is 0 Å². The Morgan fingerprint density at radius 2 is 2.00 bits per heavy atom. The van der Waals surface area contributed by atoms with Crippen LogP contribution in [-0.2, 0) is 6.42 Å². The summed E-state index contributed by atoms with van der Waals surface area (Å²) >= 11 is 0. The van der Waals surface area contributed by atoms with Crippen molar-refractivity contribution in [3.05, 3.63) is 29.8 Å². The second-order valence-corrected chi connectivity index (χ2v) is 2.56. The minimum Gasteiger partial charge on any atom is -0.493 e. The summed E-state index contributed by atoms with van der Waals surface area (Å²) in [5.41, 5.74) is 1.36. The molecule has 0 unspecified atom stereocenters. The maximum atomic E-state index is 5.42. The molecule has 0 amide bonds. The van der Waals surface area contributed by atoms with Gasteiger partial charge in [0.25, 0.3) is 0 Å². The van der Waals surface area contributed by atoms with Gasteiger partial charge in [0.05, 0.1) is 6.61 Å². The van der Waals surface area contributed by atoms with Gasteiger partial charge >= 0.3 is 27.3 Å². The van der Waals surface area contributed by atoms with Gasteiger partial charge in [0.2, 0.25) is 0 Å². The molecule has 2 rings (SSSR count). The van der Waals surface area contributed by atoms with E-state index in [1.165, 1.54) is 12.0 Å². The van der Waals surface area contributed by atoms with Gasteiger partial charge in [0, 0.05) is 0 Å². The van der Waals surface area contributed by atoms with Crippen molar-refractivity contribution in [2.24, 2.45) is 0 Å². The van der Waals surface area contributed by atoms with Crippen LogP contribution in [-0.4, -0.2) is 33.9 Å². The van der Waals surface area contributed by atoms with Crippen molar-refractivity contribution in [2.75, 3.05) is 6.61 Å². The SMILES string of the molecule is [PbH2].c1ccc2c(c1)CCCO2. The Hall–Kier alpha value is -0.0579. The van der Waals surface area contributed by atoms with Crippen molar-refractivity contribution in [1.82, 2.24) is 0 Å². The molecule has 1 heterocycles. The van der Waals surface area contributed by atoms with E-state index in [0.29, 0.717) is 0 Å². The molecule has 0 aliphatic carbocycles. The Labute approximate surface area is 86.9 Å². The van der Waals surface area contributed by atoms with Gasteiger partial charge in [-0.1, -0.05) is 18.2 Å². The smallest absolute Gasteiger partial charge is 0.122 e. The molecule has 0 atom stereocenters. The zero-order chi connectivity index (χ0) is 6.81.